The largest absolute Gasteiger partial charge is 0.497 e. The van der Waals surface area contributed by atoms with Gasteiger partial charge in [-0.3, -0.25) is 9.59 Å². The van der Waals surface area contributed by atoms with Crippen LogP contribution in [0.3, 0.4) is 0 Å². The molecule has 3 N–H and O–H groups in total. The summed E-state index contributed by atoms with van der Waals surface area (Å²) < 4.78 is 5.05. The van der Waals surface area contributed by atoms with Crippen LogP contribution in [-0.2, 0) is 11.2 Å². The number of amides is 1. The lowest BCUT2D eigenvalue weighted by molar-refractivity contribution is -0.120. The predicted octanol–water partition coefficient (Wildman–Crippen LogP) is 0.788. The fourth-order valence-corrected chi connectivity index (χ4v) is 2.34. The predicted molar refractivity (Wildman–Crippen MR) is 89.0 cm³/mol. The highest BCUT2D eigenvalue weighted by atomic mass is 16.5. The van der Waals surface area contributed by atoms with E-state index in [1.54, 1.807) is 45.2 Å². The van der Waals surface area contributed by atoms with E-state index in [9.17, 15) is 14.7 Å². The maximum Gasteiger partial charge on any atom is 0.254 e. The number of carbonyl (C=O) groups is 1. The van der Waals surface area contributed by atoms with Crippen molar-refractivity contribution in [1.82, 2.24) is 15.3 Å². The summed E-state index contributed by atoms with van der Waals surface area (Å²) in [4.78, 5) is 30.6. The molecule has 2 rings (SSSR count). The van der Waals surface area contributed by atoms with Gasteiger partial charge in [0.1, 0.15) is 11.6 Å². The number of carbonyl (C=O) groups excluding carboxylic acids is 1. The molecule has 0 spiro atoms. The number of aromatic amines is 1. The normalized spacial score (nSPS) is 11.8. The Hall–Kier alpha value is -2.67. The van der Waals surface area contributed by atoms with Gasteiger partial charge < -0.3 is 20.1 Å². The van der Waals surface area contributed by atoms with Gasteiger partial charge in [0.05, 0.1) is 19.6 Å². The van der Waals surface area contributed by atoms with Crippen LogP contribution in [0.5, 0.6) is 5.75 Å². The number of aromatic nitrogens is 2. The Kier molecular flexibility index (Phi) is 5.70. The highest BCUT2D eigenvalue weighted by molar-refractivity contribution is 5.78. The van der Waals surface area contributed by atoms with E-state index >= 15 is 0 Å². The Morgan fingerprint density at radius 1 is 1.33 bits per heavy atom. The Labute approximate surface area is 139 Å². The number of hydrogen-bond donors (Lipinski definition) is 3. The number of aliphatic hydroxyl groups excluding tert-OH is 1. The molecule has 0 aliphatic heterocycles. The lowest BCUT2D eigenvalue weighted by Crippen LogP contribution is -2.32. The van der Waals surface area contributed by atoms with Crippen molar-refractivity contribution in [1.29, 1.82) is 0 Å². The molecule has 1 heterocycles. The molecular formula is C17H21N3O4. The van der Waals surface area contributed by atoms with Gasteiger partial charge in [0, 0.05) is 17.8 Å². The number of nitrogens with one attached hydrogen (secondary N) is 2. The SMILES string of the molecule is COc1ccc(C(O)CNC(=O)Cc2c(C)nc(C)[nH]c2=O)cc1. The molecule has 1 aromatic heterocycles. The maximum atomic E-state index is 12.0. The van der Waals surface area contributed by atoms with Crippen molar-refractivity contribution in [3.63, 3.8) is 0 Å². The minimum Gasteiger partial charge on any atom is -0.497 e. The molecule has 0 radical (unpaired) electrons. The first-order valence-electron chi connectivity index (χ1n) is 7.55. The number of aliphatic hydroxyl groups is 1. The molecule has 0 aliphatic rings. The third-order valence-corrected chi connectivity index (χ3v) is 3.67. The summed E-state index contributed by atoms with van der Waals surface area (Å²) in [6.07, 6.45) is -0.917. The van der Waals surface area contributed by atoms with E-state index in [2.05, 4.69) is 15.3 Å². The van der Waals surface area contributed by atoms with Crippen LogP contribution in [0.4, 0.5) is 0 Å². The Morgan fingerprint density at radius 2 is 2.00 bits per heavy atom. The lowest BCUT2D eigenvalue weighted by atomic mass is 10.1. The third kappa shape index (κ3) is 4.42. The maximum absolute atomic E-state index is 12.0. The monoisotopic (exact) mass is 331 g/mol. The lowest BCUT2D eigenvalue weighted by Gasteiger charge is -2.13. The Bertz CT molecular complexity index is 768. The molecule has 24 heavy (non-hydrogen) atoms. The van der Waals surface area contributed by atoms with E-state index in [0.717, 1.165) is 0 Å². The van der Waals surface area contributed by atoms with E-state index in [1.165, 1.54) is 0 Å². The number of H-pyrrole nitrogens is 1. The fraction of sp³-hybridized carbons (Fsp3) is 0.353. The van der Waals surface area contributed by atoms with Gasteiger partial charge in [0.25, 0.3) is 5.56 Å². The molecule has 7 nitrogen and oxygen atoms in total. The summed E-state index contributed by atoms with van der Waals surface area (Å²) >= 11 is 0. The zero-order valence-corrected chi connectivity index (χ0v) is 13.9. The highest BCUT2D eigenvalue weighted by Crippen LogP contribution is 2.16. The molecule has 1 aromatic carbocycles. The summed E-state index contributed by atoms with van der Waals surface area (Å²) in [6.45, 7) is 3.43. The van der Waals surface area contributed by atoms with Crippen LogP contribution >= 0.6 is 0 Å². The summed E-state index contributed by atoms with van der Waals surface area (Å²) in [6, 6.07) is 6.94. The number of methoxy groups -OCH3 is 1. The minimum absolute atomic E-state index is 0.0569. The van der Waals surface area contributed by atoms with Crippen molar-refractivity contribution in [3.8, 4) is 5.75 Å². The summed E-state index contributed by atoms with van der Waals surface area (Å²) in [5, 5.41) is 12.7. The molecule has 0 bridgehead atoms. The second-order valence-corrected chi connectivity index (χ2v) is 5.49. The van der Waals surface area contributed by atoms with Gasteiger partial charge in [0.15, 0.2) is 0 Å². The number of benzene rings is 1. The van der Waals surface area contributed by atoms with Crippen molar-refractivity contribution in [2.45, 2.75) is 26.4 Å². The van der Waals surface area contributed by atoms with E-state index in [1.807, 2.05) is 0 Å². The quantitative estimate of drug-likeness (QED) is 0.726. The fourth-order valence-electron chi connectivity index (χ4n) is 2.34. The molecule has 0 aliphatic carbocycles. The van der Waals surface area contributed by atoms with Crippen LogP contribution in [-0.4, -0.2) is 34.6 Å². The van der Waals surface area contributed by atoms with Crippen molar-refractivity contribution in [3.05, 3.63) is 57.3 Å². The van der Waals surface area contributed by atoms with E-state index in [-0.39, 0.29) is 24.4 Å². The Balaban J connectivity index is 1.94. The summed E-state index contributed by atoms with van der Waals surface area (Å²) in [5.74, 6) is 0.856. The smallest absolute Gasteiger partial charge is 0.254 e. The first-order valence-corrected chi connectivity index (χ1v) is 7.55. The Morgan fingerprint density at radius 3 is 2.58 bits per heavy atom. The molecular weight excluding hydrogens is 310 g/mol. The number of hydrogen-bond acceptors (Lipinski definition) is 5. The number of aryl methyl sites for hydroxylation is 2. The van der Waals surface area contributed by atoms with Crippen LogP contribution in [0.1, 0.15) is 28.7 Å². The van der Waals surface area contributed by atoms with Crippen LogP contribution in [0, 0.1) is 13.8 Å². The summed E-state index contributed by atoms with van der Waals surface area (Å²) in [7, 11) is 1.56. The van der Waals surface area contributed by atoms with Gasteiger partial charge in [-0.25, -0.2) is 4.98 Å². The van der Waals surface area contributed by atoms with Crippen molar-refractivity contribution < 1.29 is 14.6 Å². The van der Waals surface area contributed by atoms with Crippen LogP contribution in [0.15, 0.2) is 29.1 Å². The zero-order chi connectivity index (χ0) is 17.7. The number of rotatable bonds is 6. The van der Waals surface area contributed by atoms with Crippen LogP contribution < -0.4 is 15.6 Å². The first-order chi connectivity index (χ1) is 11.4. The molecule has 2 aromatic rings. The van der Waals surface area contributed by atoms with Crippen LogP contribution in [0.2, 0.25) is 0 Å². The molecule has 1 unspecified atom stereocenters. The van der Waals surface area contributed by atoms with E-state index in [0.29, 0.717) is 28.4 Å². The van der Waals surface area contributed by atoms with Crippen molar-refractivity contribution in [2.75, 3.05) is 13.7 Å². The molecule has 128 valence electrons. The number of nitrogens with zero attached hydrogens (tertiary/aromatic N) is 1. The molecule has 7 heteroatoms. The van der Waals surface area contributed by atoms with Gasteiger partial charge in [-0.1, -0.05) is 12.1 Å². The second-order valence-electron chi connectivity index (χ2n) is 5.49. The van der Waals surface area contributed by atoms with E-state index in [4.69, 9.17) is 4.74 Å². The third-order valence-electron chi connectivity index (χ3n) is 3.67. The van der Waals surface area contributed by atoms with Crippen molar-refractivity contribution >= 4 is 5.91 Å². The molecule has 0 fully saturated rings. The van der Waals surface area contributed by atoms with Gasteiger partial charge in [-0.2, -0.15) is 0 Å². The first kappa shape index (κ1) is 17.7. The second kappa shape index (κ2) is 7.74. The highest BCUT2D eigenvalue weighted by Gasteiger charge is 2.14. The van der Waals surface area contributed by atoms with Gasteiger partial charge >= 0.3 is 0 Å². The topological polar surface area (TPSA) is 104 Å². The minimum atomic E-state index is -0.838. The van der Waals surface area contributed by atoms with Crippen molar-refractivity contribution in [2.24, 2.45) is 0 Å². The van der Waals surface area contributed by atoms with Gasteiger partial charge in [-0.05, 0) is 31.5 Å². The van der Waals surface area contributed by atoms with Gasteiger partial charge in [-0.15, -0.1) is 0 Å². The van der Waals surface area contributed by atoms with Gasteiger partial charge in [0.2, 0.25) is 5.91 Å². The standard InChI is InChI=1S/C17H21N3O4/c1-10-14(17(23)20-11(2)19-10)8-16(22)18-9-15(21)12-4-6-13(24-3)7-5-12/h4-7,15,21H,8-9H2,1-3H3,(H,18,22)(H,19,20,23). The van der Waals surface area contributed by atoms with Crippen LogP contribution in [0.25, 0.3) is 0 Å². The molecule has 1 amide bonds. The zero-order valence-electron chi connectivity index (χ0n) is 13.9. The molecule has 0 saturated heterocycles. The summed E-state index contributed by atoms with van der Waals surface area (Å²) in [5.41, 5.74) is 1.21. The average Bonchev–Trinajstić information content (AvgIpc) is 2.56. The van der Waals surface area contributed by atoms with E-state index < -0.39 is 6.10 Å². The molecule has 1 atom stereocenters. The number of ether oxygens (including phenoxy) is 1. The molecule has 0 saturated carbocycles. The average molecular weight is 331 g/mol.